The molecule has 0 spiro atoms. The van der Waals surface area contributed by atoms with Crippen LogP contribution in [-0.2, 0) is 50.7 Å². The van der Waals surface area contributed by atoms with Crippen molar-refractivity contribution in [3.63, 3.8) is 0 Å². The minimum atomic E-state index is -4.54. The Kier molecular flexibility index (Phi) is 8.32. The number of nitrogens with zero attached hydrogens (tertiary/aromatic N) is 3. The number of fused-ring (bicyclic) bond motifs is 1. The number of methoxy groups -OCH3 is 1. The second-order valence-corrected chi connectivity index (χ2v) is 14.0. The summed E-state index contributed by atoms with van der Waals surface area (Å²) in [4.78, 5) is 41.3. The van der Waals surface area contributed by atoms with E-state index in [-0.39, 0.29) is 43.9 Å². The number of halogens is 3. The molecule has 6 rings (SSSR count). The molecule has 1 aliphatic carbocycles. The summed E-state index contributed by atoms with van der Waals surface area (Å²) in [6.45, 7) is 0.0888. The van der Waals surface area contributed by atoms with Crippen LogP contribution < -0.4 is 5.32 Å². The molecule has 3 heterocycles. The number of carbonyl (C=O) groups excluding carboxylic acids is 3. The number of hydrogen-bond acceptors (Lipinski definition) is 7. The average Bonchev–Trinajstić information content (AvgIpc) is 3.61. The van der Waals surface area contributed by atoms with Gasteiger partial charge >= 0.3 is 18.2 Å². The number of rotatable bonds is 9. The van der Waals surface area contributed by atoms with E-state index in [1.165, 1.54) is 28.4 Å². The van der Waals surface area contributed by atoms with Gasteiger partial charge in [0.05, 0.1) is 49.2 Å². The first-order chi connectivity index (χ1) is 22.2. The summed E-state index contributed by atoms with van der Waals surface area (Å²) in [6.07, 6.45) is -3.84. The standard InChI is InChI=1S/C32H33F3N4O7S/c1-45-29(41)23-17-25(38-14-13-37(18-26(23)38)47(2,43)44)28(40)36-24(15-20-7-4-3-5-8-20)27-19-39(30(42)46-27)31(11-12-31)21-9-6-10-22(16-21)32(33,34)35/h3-10,16-17,24,27H,11-15,18-19H2,1-2H3,(H,36,40)/t24-,27+/m0/s1. The number of hydrogen-bond donors (Lipinski definition) is 1. The van der Waals surface area contributed by atoms with E-state index in [0.29, 0.717) is 24.1 Å². The predicted molar refractivity (Wildman–Crippen MR) is 162 cm³/mol. The highest BCUT2D eigenvalue weighted by Crippen LogP contribution is 2.53. The first-order valence-electron chi connectivity index (χ1n) is 15.0. The Morgan fingerprint density at radius 3 is 2.45 bits per heavy atom. The van der Waals surface area contributed by atoms with E-state index < -0.39 is 57.4 Å². The van der Waals surface area contributed by atoms with E-state index in [1.807, 2.05) is 30.3 Å². The number of nitrogens with one attached hydrogen (secondary N) is 1. The average molecular weight is 675 g/mol. The van der Waals surface area contributed by atoms with E-state index in [2.05, 4.69) is 5.32 Å². The quantitative estimate of drug-likeness (QED) is 0.341. The number of cyclic esters (lactones) is 1. The number of ether oxygens (including phenoxy) is 2. The first kappa shape index (κ1) is 32.6. The molecular formula is C32H33F3N4O7S. The fraction of sp³-hybridized carbons (Fsp3) is 0.406. The van der Waals surface area contributed by atoms with Gasteiger partial charge in [0.25, 0.3) is 5.91 Å². The minimum absolute atomic E-state index is 0.0237. The second kappa shape index (κ2) is 12.0. The second-order valence-electron chi connectivity index (χ2n) is 12.0. The number of alkyl halides is 3. The van der Waals surface area contributed by atoms with Crippen LogP contribution >= 0.6 is 0 Å². The van der Waals surface area contributed by atoms with Crippen LogP contribution in [0.4, 0.5) is 18.0 Å². The van der Waals surface area contributed by atoms with E-state index >= 15 is 0 Å². The minimum Gasteiger partial charge on any atom is -0.465 e. The van der Waals surface area contributed by atoms with Crippen LogP contribution in [0.3, 0.4) is 0 Å². The fourth-order valence-corrected chi connectivity index (χ4v) is 7.25. The third-order valence-corrected chi connectivity index (χ3v) is 10.3. The molecule has 0 bridgehead atoms. The van der Waals surface area contributed by atoms with Crippen molar-refractivity contribution in [1.82, 2.24) is 19.1 Å². The monoisotopic (exact) mass is 674 g/mol. The van der Waals surface area contributed by atoms with Gasteiger partial charge < -0.3 is 19.4 Å². The van der Waals surface area contributed by atoms with Crippen LogP contribution in [0.25, 0.3) is 0 Å². The molecule has 0 unspecified atom stereocenters. The zero-order chi connectivity index (χ0) is 33.7. The van der Waals surface area contributed by atoms with Gasteiger partial charge in [0.15, 0.2) is 0 Å². The normalized spacial score (nSPS) is 19.9. The van der Waals surface area contributed by atoms with Crippen LogP contribution in [-0.4, -0.2) is 78.8 Å². The lowest BCUT2D eigenvalue weighted by Crippen LogP contribution is -2.48. The highest BCUT2D eigenvalue weighted by Gasteiger charge is 2.56. The van der Waals surface area contributed by atoms with Crippen LogP contribution in [0.5, 0.6) is 0 Å². The molecule has 3 aliphatic rings. The van der Waals surface area contributed by atoms with Crippen molar-refractivity contribution in [2.45, 2.75) is 56.2 Å². The topological polar surface area (TPSA) is 127 Å². The van der Waals surface area contributed by atoms with E-state index in [4.69, 9.17) is 9.47 Å². The van der Waals surface area contributed by atoms with E-state index in [1.54, 1.807) is 10.6 Å². The largest absolute Gasteiger partial charge is 0.465 e. The molecule has 2 atom stereocenters. The highest BCUT2D eigenvalue weighted by molar-refractivity contribution is 7.88. The summed E-state index contributed by atoms with van der Waals surface area (Å²) < 4.78 is 78.5. The molecule has 2 aromatic carbocycles. The van der Waals surface area contributed by atoms with Gasteiger partial charge in [0, 0.05) is 18.8 Å². The van der Waals surface area contributed by atoms with Gasteiger partial charge in [-0.1, -0.05) is 42.5 Å². The number of benzene rings is 2. The number of esters is 1. The van der Waals surface area contributed by atoms with Crippen molar-refractivity contribution < 1.29 is 45.4 Å². The maximum absolute atomic E-state index is 13.9. The first-order valence-corrected chi connectivity index (χ1v) is 16.8. The lowest BCUT2D eigenvalue weighted by molar-refractivity contribution is -0.137. The molecule has 0 radical (unpaired) electrons. The van der Waals surface area contributed by atoms with Crippen molar-refractivity contribution in [1.29, 1.82) is 0 Å². The molecule has 1 aromatic heterocycles. The third kappa shape index (κ3) is 6.33. The Morgan fingerprint density at radius 1 is 1.09 bits per heavy atom. The SMILES string of the molecule is COC(=O)c1cc(C(=O)N[C@@H](Cc2ccccc2)[C@H]2CN(C3(c4cccc(C(F)(F)F)c4)CC3)C(=O)O2)n2c1CN(S(C)(=O)=O)CC2. The van der Waals surface area contributed by atoms with E-state index in [0.717, 1.165) is 24.0 Å². The summed E-state index contributed by atoms with van der Waals surface area (Å²) in [5.41, 5.74) is -0.0732. The summed E-state index contributed by atoms with van der Waals surface area (Å²) in [5, 5.41) is 2.97. The Labute approximate surface area is 269 Å². The molecule has 1 saturated heterocycles. The molecule has 47 heavy (non-hydrogen) atoms. The summed E-state index contributed by atoms with van der Waals surface area (Å²) in [7, 11) is -2.40. The molecule has 2 fully saturated rings. The van der Waals surface area contributed by atoms with Gasteiger partial charge in [-0.3, -0.25) is 9.69 Å². The Balaban J connectivity index is 1.29. The van der Waals surface area contributed by atoms with Crippen molar-refractivity contribution in [2.24, 2.45) is 0 Å². The van der Waals surface area contributed by atoms with E-state index in [9.17, 15) is 36.0 Å². The van der Waals surface area contributed by atoms with Gasteiger partial charge in [0.1, 0.15) is 11.8 Å². The van der Waals surface area contributed by atoms with Crippen LogP contribution in [0.1, 0.15) is 56.1 Å². The highest BCUT2D eigenvalue weighted by atomic mass is 32.2. The molecule has 15 heteroatoms. The van der Waals surface area contributed by atoms with Gasteiger partial charge in [-0.05, 0) is 48.6 Å². The zero-order valence-corrected chi connectivity index (χ0v) is 26.4. The van der Waals surface area contributed by atoms with Crippen LogP contribution in [0.15, 0.2) is 60.7 Å². The lowest BCUT2D eigenvalue weighted by atomic mass is 9.98. The fourth-order valence-electron chi connectivity index (χ4n) is 6.48. The zero-order valence-electron chi connectivity index (χ0n) is 25.6. The Bertz CT molecular complexity index is 1820. The molecule has 2 amide bonds. The Hall–Kier alpha value is -4.37. The van der Waals surface area contributed by atoms with Gasteiger partial charge in [-0.25, -0.2) is 18.0 Å². The molecule has 1 saturated carbocycles. The molecular weight excluding hydrogens is 641 g/mol. The smallest absolute Gasteiger partial charge is 0.416 e. The third-order valence-electron chi connectivity index (χ3n) is 9.08. The van der Waals surface area contributed by atoms with Crippen LogP contribution in [0.2, 0.25) is 0 Å². The Morgan fingerprint density at radius 2 is 1.81 bits per heavy atom. The van der Waals surface area contributed by atoms with Crippen molar-refractivity contribution in [2.75, 3.05) is 26.5 Å². The van der Waals surface area contributed by atoms with Gasteiger partial charge in [0.2, 0.25) is 10.0 Å². The molecule has 250 valence electrons. The summed E-state index contributed by atoms with van der Waals surface area (Å²) >= 11 is 0. The maximum atomic E-state index is 13.9. The van der Waals surface area contributed by atoms with Gasteiger partial charge in [-0.2, -0.15) is 17.5 Å². The predicted octanol–water partition coefficient (Wildman–Crippen LogP) is 3.92. The molecule has 2 aliphatic heterocycles. The van der Waals surface area contributed by atoms with Crippen molar-refractivity contribution in [3.05, 3.63) is 94.3 Å². The van der Waals surface area contributed by atoms with Gasteiger partial charge in [-0.15, -0.1) is 0 Å². The molecule has 11 nitrogen and oxygen atoms in total. The number of aromatic nitrogens is 1. The summed E-state index contributed by atoms with van der Waals surface area (Å²) in [6, 6.07) is 14.7. The molecule has 3 aromatic rings. The number of carbonyl (C=O) groups is 3. The number of amides is 2. The van der Waals surface area contributed by atoms with Crippen molar-refractivity contribution >= 4 is 28.0 Å². The number of sulfonamides is 1. The lowest BCUT2D eigenvalue weighted by Gasteiger charge is -2.29. The van der Waals surface area contributed by atoms with Crippen molar-refractivity contribution in [3.8, 4) is 0 Å². The maximum Gasteiger partial charge on any atom is 0.416 e. The van der Waals surface area contributed by atoms with Crippen LogP contribution in [0, 0.1) is 0 Å². The molecule has 1 N–H and O–H groups in total. The summed E-state index contributed by atoms with van der Waals surface area (Å²) in [5.74, 6) is -1.31.